The second kappa shape index (κ2) is 8.20. The third-order valence-corrected chi connectivity index (χ3v) is 5.77. The largest absolute Gasteiger partial charge is 0.394 e. The number of ether oxygens (including phenoxy) is 1. The maximum Gasteiger partial charge on any atom is 0.202 e. The monoisotopic (exact) mass is 459 g/mol. The standard InChI is InChI=1S/C18H25N11O4/c1-18(32)11(31)8(4-30)33-16(18)29-7-26-10-13(23-6-25-15(10)29)20-2-3-21-17-27-9-12(19)22-5-24-14(9)28-17/h5-8,11,13,16,20,30-32H,2-4H2,1H3,(H,23,25)(H4,19,21,22,24,27,28)/t8?,11?,13?,16?,18-/m1/s1. The van der Waals surface area contributed by atoms with Gasteiger partial charge in [0.1, 0.15) is 47.3 Å². The Labute approximate surface area is 187 Å². The lowest BCUT2D eigenvalue weighted by Crippen LogP contribution is -2.44. The second-order valence-electron chi connectivity index (χ2n) is 8.01. The van der Waals surface area contributed by atoms with Crippen molar-refractivity contribution in [3.8, 4) is 0 Å². The quantitative estimate of drug-likeness (QED) is 0.185. The third kappa shape index (κ3) is 3.65. The third-order valence-electron chi connectivity index (χ3n) is 5.77. The number of hydrogen-bond donors (Lipinski definition) is 8. The summed E-state index contributed by atoms with van der Waals surface area (Å²) in [6.45, 7) is 2.09. The number of aliphatic imine (C=N–C) groups is 1. The number of aliphatic hydroxyl groups is 3. The highest BCUT2D eigenvalue weighted by Gasteiger charge is 2.53. The number of hydrogen-bond acceptors (Lipinski definition) is 13. The Morgan fingerprint density at radius 1 is 1.30 bits per heavy atom. The molecule has 2 aliphatic heterocycles. The maximum atomic E-state index is 10.8. The van der Waals surface area contributed by atoms with Crippen LogP contribution in [0.15, 0.2) is 17.6 Å². The van der Waals surface area contributed by atoms with Crippen molar-refractivity contribution in [2.24, 2.45) is 4.99 Å². The molecule has 15 heteroatoms. The molecule has 3 aromatic heterocycles. The number of imidazole rings is 2. The first-order valence-corrected chi connectivity index (χ1v) is 10.3. The number of aromatic amines is 1. The first-order chi connectivity index (χ1) is 15.9. The lowest BCUT2D eigenvalue weighted by Gasteiger charge is -2.29. The van der Waals surface area contributed by atoms with E-state index in [0.717, 1.165) is 0 Å². The molecule has 0 aliphatic carbocycles. The molecular formula is C18H25N11O4. The minimum Gasteiger partial charge on any atom is -0.394 e. The molecule has 0 radical (unpaired) electrons. The highest BCUT2D eigenvalue weighted by Crippen LogP contribution is 2.41. The zero-order chi connectivity index (χ0) is 23.2. The molecule has 2 aliphatic rings. The number of nitrogens with zero attached hydrogens (tertiary/aromatic N) is 6. The van der Waals surface area contributed by atoms with Crippen molar-refractivity contribution < 1.29 is 20.1 Å². The number of anilines is 3. The number of nitrogen functional groups attached to an aromatic ring is 1. The van der Waals surface area contributed by atoms with E-state index in [9.17, 15) is 15.3 Å². The Morgan fingerprint density at radius 3 is 2.91 bits per heavy atom. The van der Waals surface area contributed by atoms with Crippen molar-refractivity contribution >= 4 is 35.1 Å². The van der Waals surface area contributed by atoms with Crippen molar-refractivity contribution in [1.82, 2.24) is 34.8 Å². The Kier molecular flexibility index (Phi) is 5.34. The van der Waals surface area contributed by atoms with Crippen LogP contribution in [-0.2, 0) is 4.74 Å². The van der Waals surface area contributed by atoms with Gasteiger partial charge in [-0.15, -0.1) is 0 Å². The van der Waals surface area contributed by atoms with Gasteiger partial charge in [-0.3, -0.25) is 9.88 Å². The van der Waals surface area contributed by atoms with Gasteiger partial charge in [0.25, 0.3) is 0 Å². The predicted octanol–water partition coefficient (Wildman–Crippen LogP) is -1.71. The van der Waals surface area contributed by atoms with Crippen LogP contribution in [0.4, 0.5) is 17.6 Å². The van der Waals surface area contributed by atoms with Crippen LogP contribution in [0.25, 0.3) is 11.2 Å². The lowest BCUT2D eigenvalue weighted by atomic mass is 9.96. The molecule has 0 amide bonds. The summed E-state index contributed by atoms with van der Waals surface area (Å²) in [5, 5.41) is 39.9. The van der Waals surface area contributed by atoms with Gasteiger partial charge in [0.2, 0.25) is 5.95 Å². The zero-order valence-electron chi connectivity index (χ0n) is 17.7. The van der Waals surface area contributed by atoms with Crippen LogP contribution >= 0.6 is 0 Å². The Morgan fingerprint density at radius 2 is 2.15 bits per heavy atom. The number of aliphatic hydroxyl groups excluding tert-OH is 2. The molecule has 9 N–H and O–H groups in total. The molecule has 1 saturated heterocycles. The van der Waals surface area contributed by atoms with Crippen LogP contribution in [0.1, 0.15) is 25.0 Å². The van der Waals surface area contributed by atoms with Crippen molar-refractivity contribution in [1.29, 1.82) is 0 Å². The number of fused-ring (bicyclic) bond motifs is 2. The normalized spacial score (nSPS) is 28.7. The van der Waals surface area contributed by atoms with Gasteiger partial charge >= 0.3 is 0 Å². The number of nitrogens with two attached hydrogens (primary N) is 1. The van der Waals surface area contributed by atoms with Gasteiger partial charge in [0, 0.05) is 13.1 Å². The summed E-state index contributed by atoms with van der Waals surface area (Å²) in [4.78, 5) is 24.2. The molecule has 0 spiro atoms. The number of nitrogens with one attached hydrogen (secondary N) is 4. The molecule has 15 nitrogen and oxygen atoms in total. The fraction of sp³-hybridized carbons (Fsp3) is 0.500. The molecule has 3 aromatic rings. The van der Waals surface area contributed by atoms with Crippen molar-refractivity contribution in [2.75, 3.05) is 36.1 Å². The molecule has 0 aromatic carbocycles. The van der Waals surface area contributed by atoms with E-state index >= 15 is 0 Å². The van der Waals surface area contributed by atoms with E-state index in [2.05, 4.69) is 45.9 Å². The fourth-order valence-corrected chi connectivity index (χ4v) is 4.00. The molecule has 5 heterocycles. The summed E-state index contributed by atoms with van der Waals surface area (Å²) in [6.07, 6.45) is 0.858. The summed E-state index contributed by atoms with van der Waals surface area (Å²) in [6, 6.07) is 0. The molecule has 0 saturated carbocycles. The number of H-pyrrole nitrogens is 1. The minimum absolute atomic E-state index is 0.328. The van der Waals surface area contributed by atoms with Crippen LogP contribution in [0.3, 0.4) is 0 Å². The highest BCUT2D eigenvalue weighted by atomic mass is 16.6. The van der Waals surface area contributed by atoms with Crippen LogP contribution in [0.5, 0.6) is 0 Å². The molecule has 176 valence electrons. The summed E-state index contributed by atoms with van der Waals surface area (Å²) >= 11 is 0. The molecule has 1 fully saturated rings. The van der Waals surface area contributed by atoms with Gasteiger partial charge in [0.15, 0.2) is 17.7 Å². The first kappa shape index (κ1) is 21.5. The number of aromatic nitrogens is 6. The van der Waals surface area contributed by atoms with Gasteiger partial charge in [-0.25, -0.2) is 19.9 Å². The van der Waals surface area contributed by atoms with Crippen LogP contribution < -0.4 is 21.7 Å². The van der Waals surface area contributed by atoms with Crippen LogP contribution in [-0.4, -0.2) is 88.7 Å². The SMILES string of the molecule is C[C@@]1(O)C(O)C(CO)OC1n1cnc2c1NC=NC2NCCNc1nc2ncnc(N)c2[nH]1. The van der Waals surface area contributed by atoms with E-state index in [1.54, 1.807) is 4.57 Å². The maximum absolute atomic E-state index is 10.8. The van der Waals surface area contributed by atoms with Crippen LogP contribution in [0, 0.1) is 0 Å². The average molecular weight is 459 g/mol. The van der Waals surface area contributed by atoms with Crippen molar-refractivity contribution in [3.63, 3.8) is 0 Å². The summed E-state index contributed by atoms with van der Waals surface area (Å²) < 4.78 is 7.28. The smallest absolute Gasteiger partial charge is 0.202 e. The molecule has 0 bridgehead atoms. The van der Waals surface area contributed by atoms with E-state index in [1.165, 1.54) is 25.9 Å². The van der Waals surface area contributed by atoms with Gasteiger partial charge < -0.3 is 41.4 Å². The second-order valence-corrected chi connectivity index (χ2v) is 8.01. The molecular weight excluding hydrogens is 434 g/mol. The van der Waals surface area contributed by atoms with Gasteiger partial charge in [-0.05, 0) is 6.92 Å². The number of rotatable bonds is 7. The van der Waals surface area contributed by atoms with E-state index < -0.39 is 36.8 Å². The van der Waals surface area contributed by atoms with E-state index in [4.69, 9.17) is 10.5 Å². The molecule has 5 rings (SSSR count). The minimum atomic E-state index is -1.62. The predicted molar refractivity (Wildman–Crippen MR) is 117 cm³/mol. The molecule has 4 unspecified atom stereocenters. The topological polar surface area (TPSA) is 217 Å². The van der Waals surface area contributed by atoms with E-state index in [0.29, 0.717) is 47.5 Å². The van der Waals surface area contributed by atoms with E-state index in [1.807, 2.05) is 0 Å². The Balaban J connectivity index is 1.24. The summed E-state index contributed by atoms with van der Waals surface area (Å²) in [5.41, 5.74) is 5.85. The van der Waals surface area contributed by atoms with Gasteiger partial charge in [-0.2, -0.15) is 4.98 Å². The first-order valence-electron chi connectivity index (χ1n) is 10.3. The van der Waals surface area contributed by atoms with E-state index in [-0.39, 0.29) is 0 Å². The van der Waals surface area contributed by atoms with Crippen LogP contribution in [0.2, 0.25) is 0 Å². The van der Waals surface area contributed by atoms with Crippen molar-refractivity contribution in [2.45, 2.75) is 37.1 Å². The van der Waals surface area contributed by atoms with Crippen molar-refractivity contribution in [3.05, 3.63) is 18.3 Å². The lowest BCUT2D eigenvalue weighted by molar-refractivity contribution is -0.0957. The Hall–Kier alpha value is -3.37. The fourth-order valence-electron chi connectivity index (χ4n) is 4.00. The van der Waals surface area contributed by atoms with Gasteiger partial charge in [-0.1, -0.05) is 0 Å². The molecule has 5 atom stereocenters. The Bertz CT molecular complexity index is 1180. The average Bonchev–Trinajstić information content (AvgIpc) is 3.47. The molecule has 33 heavy (non-hydrogen) atoms. The highest BCUT2D eigenvalue weighted by molar-refractivity contribution is 5.82. The summed E-state index contributed by atoms with van der Waals surface area (Å²) in [5.74, 6) is 1.42. The zero-order valence-corrected chi connectivity index (χ0v) is 17.7. The van der Waals surface area contributed by atoms with Gasteiger partial charge in [0.05, 0.1) is 19.3 Å². The summed E-state index contributed by atoms with van der Waals surface area (Å²) in [7, 11) is 0.